The molecule has 1 fully saturated rings. The predicted octanol–water partition coefficient (Wildman–Crippen LogP) is 3.85. The SMILES string of the molecule is C[C@@H]1CCCC[C@H]1NC(=O)COC(=O)c1cc(Cl)cc(Cl)c1. The lowest BCUT2D eigenvalue weighted by Crippen LogP contribution is -2.42. The quantitative estimate of drug-likeness (QED) is 0.845. The molecule has 6 heteroatoms. The van der Waals surface area contributed by atoms with E-state index in [-0.39, 0.29) is 24.1 Å². The molecule has 0 spiro atoms. The van der Waals surface area contributed by atoms with Crippen LogP contribution in [-0.2, 0) is 9.53 Å². The molecule has 1 amide bonds. The van der Waals surface area contributed by atoms with Gasteiger partial charge in [-0.1, -0.05) is 43.0 Å². The van der Waals surface area contributed by atoms with Crippen molar-refractivity contribution < 1.29 is 14.3 Å². The smallest absolute Gasteiger partial charge is 0.338 e. The standard InChI is InChI=1S/C16H19Cl2NO3/c1-10-4-2-3-5-14(10)19-15(20)9-22-16(21)11-6-12(17)8-13(18)7-11/h6-8,10,14H,2-5,9H2,1H3,(H,19,20)/t10-,14-/m1/s1. The van der Waals surface area contributed by atoms with Gasteiger partial charge >= 0.3 is 5.97 Å². The Morgan fingerprint density at radius 2 is 1.82 bits per heavy atom. The summed E-state index contributed by atoms with van der Waals surface area (Å²) < 4.78 is 5.01. The van der Waals surface area contributed by atoms with Gasteiger partial charge in [-0.3, -0.25) is 4.79 Å². The monoisotopic (exact) mass is 343 g/mol. The Bertz CT molecular complexity index is 542. The summed E-state index contributed by atoms with van der Waals surface area (Å²) in [7, 11) is 0. The van der Waals surface area contributed by atoms with E-state index < -0.39 is 5.97 Å². The topological polar surface area (TPSA) is 55.4 Å². The van der Waals surface area contributed by atoms with Gasteiger partial charge in [-0.05, 0) is 37.0 Å². The van der Waals surface area contributed by atoms with Crippen molar-refractivity contribution in [3.8, 4) is 0 Å². The fourth-order valence-corrected chi connectivity index (χ4v) is 3.19. The summed E-state index contributed by atoms with van der Waals surface area (Å²) in [4.78, 5) is 23.8. The van der Waals surface area contributed by atoms with Crippen LogP contribution in [0.15, 0.2) is 18.2 Å². The number of amides is 1. The third-order valence-electron chi connectivity index (χ3n) is 3.89. The summed E-state index contributed by atoms with van der Waals surface area (Å²) in [6.45, 7) is 1.83. The Balaban J connectivity index is 1.83. The molecule has 0 unspecified atom stereocenters. The summed E-state index contributed by atoms with van der Waals surface area (Å²) in [5, 5.41) is 3.62. The van der Waals surface area contributed by atoms with Gasteiger partial charge in [0.05, 0.1) is 5.56 Å². The molecule has 1 aliphatic rings. The summed E-state index contributed by atoms with van der Waals surface area (Å²) >= 11 is 11.7. The summed E-state index contributed by atoms with van der Waals surface area (Å²) in [6, 6.07) is 4.60. The first kappa shape index (κ1) is 17.1. The minimum Gasteiger partial charge on any atom is -0.452 e. The Kier molecular flexibility index (Phi) is 6.09. The van der Waals surface area contributed by atoms with Crippen LogP contribution in [0.25, 0.3) is 0 Å². The first-order valence-electron chi connectivity index (χ1n) is 7.38. The summed E-state index contributed by atoms with van der Waals surface area (Å²) in [5.74, 6) is -0.434. The highest BCUT2D eigenvalue weighted by atomic mass is 35.5. The molecule has 0 aromatic heterocycles. The van der Waals surface area contributed by atoms with E-state index in [4.69, 9.17) is 27.9 Å². The van der Waals surface area contributed by atoms with E-state index in [0.29, 0.717) is 16.0 Å². The fourth-order valence-electron chi connectivity index (χ4n) is 2.67. The Hall–Kier alpha value is -1.26. The average Bonchev–Trinajstić information content (AvgIpc) is 2.46. The number of ether oxygens (including phenoxy) is 1. The lowest BCUT2D eigenvalue weighted by Gasteiger charge is -2.29. The molecule has 22 heavy (non-hydrogen) atoms. The lowest BCUT2D eigenvalue weighted by atomic mass is 9.86. The molecule has 0 heterocycles. The molecule has 0 saturated heterocycles. The van der Waals surface area contributed by atoms with Crippen LogP contribution in [-0.4, -0.2) is 24.5 Å². The van der Waals surface area contributed by atoms with E-state index >= 15 is 0 Å². The van der Waals surface area contributed by atoms with Crippen molar-refractivity contribution in [1.82, 2.24) is 5.32 Å². The van der Waals surface area contributed by atoms with Crippen LogP contribution < -0.4 is 5.32 Å². The third-order valence-corrected chi connectivity index (χ3v) is 4.33. The van der Waals surface area contributed by atoms with Crippen molar-refractivity contribution in [2.75, 3.05) is 6.61 Å². The van der Waals surface area contributed by atoms with E-state index in [1.54, 1.807) is 0 Å². The van der Waals surface area contributed by atoms with Crippen LogP contribution in [0, 0.1) is 5.92 Å². The molecule has 1 N–H and O–H groups in total. The van der Waals surface area contributed by atoms with E-state index in [2.05, 4.69) is 12.2 Å². The molecule has 0 radical (unpaired) electrons. The van der Waals surface area contributed by atoms with Gasteiger partial charge in [-0.25, -0.2) is 4.79 Å². The van der Waals surface area contributed by atoms with Crippen LogP contribution in [0.1, 0.15) is 43.0 Å². The highest BCUT2D eigenvalue weighted by molar-refractivity contribution is 6.35. The number of nitrogens with one attached hydrogen (secondary N) is 1. The molecule has 1 aromatic carbocycles. The first-order valence-corrected chi connectivity index (χ1v) is 8.14. The van der Waals surface area contributed by atoms with Crippen molar-refractivity contribution in [2.24, 2.45) is 5.92 Å². The van der Waals surface area contributed by atoms with Gasteiger partial charge in [-0.15, -0.1) is 0 Å². The van der Waals surface area contributed by atoms with Gasteiger partial charge in [0, 0.05) is 16.1 Å². The van der Waals surface area contributed by atoms with Crippen LogP contribution in [0.5, 0.6) is 0 Å². The first-order chi connectivity index (χ1) is 10.5. The maximum atomic E-state index is 11.9. The molecule has 1 saturated carbocycles. The molecule has 0 aliphatic heterocycles. The van der Waals surface area contributed by atoms with Crippen molar-refractivity contribution in [3.63, 3.8) is 0 Å². The number of hydrogen-bond donors (Lipinski definition) is 1. The number of rotatable bonds is 4. The lowest BCUT2D eigenvalue weighted by molar-refractivity contribution is -0.125. The number of hydrogen-bond acceptors (Lipinski definition) is 3. The molecule has 2 rings (SSSR count). The second kappa shape index (κ2) is 7.84. The third kappa shape index (κ3) is 4.89. The highest BCUT2D eigenvalue weighted by Gasteiger charge is 2.23. The van der Waals surface area contributed by atoms with E-state index in [1.807, 2.05) is 0 Å². The second-order valence-electron chi connectivity index (χ2n) is 5.67. The minimum absolute atomic E-state index is 0.167. The number of carbonyl (C=O) groups is 2. The predicted molar refractivity (Wildman–Crippen MR) is 86.3 cm³/mol. The van der Waals surface area contributed by atoms with Crippen LogP contribution >= 0.6 is 23.2 Å². The van der Waals surface area contributed by atoms with Gasteiger partial charge in [0.1, 0.15) is 0 Å². The molecular formula is C16H19Cl2NO3. The largest absolute Gasteiger partial charge is 0.452 e. The molecule has 120 valence electrons. The van der Waals surface area contributed by atoms with Gasteiger partial charge in [0.15, 0.2) is 6.61 Å². The van der Waals surface area contributed by atoms with E-state index in [1.165, 1.54) is 24.6 Å². The molecule has 0 bridgehead atoms. The number of halogens is 2. The van der Waals surface area contributed by atoms with Crippen LogP contribution in [0.3, 0.4) is 0 Å². The Labute approximate surface area is 140 Å². The average molecular weight is 344 g/mol. The second-order valence-corrected chi connectivity index (χ2v) is 6.54. The van der Waals surface area contributed by atoms with E-state index in [9.17, 15) is 9.59 Å². The van der Waals surface area contributed by atoms with E-state index in [0.717, 1.165) is 19.3 Å². The van der Waals surface area contributed by atoms with Crippen LogP contribution in [0.4, 0.5) is 0 Å². The van der Waals surface area contributed by atoms with Crippen molar-refractivity contribution >= 4 is 35.1 Å². The Morgan fingerprint density at radius 3 is 2.45 bits per heavy atom. The minimum atomic E-state index is -0.615. The molecule has 1 aromatic rings. The van der Waals surface area contributed by atoms with Gasteiger partial charge in [0.2, 0.25) is 0 Å². The molecule has 4 nitrogen and oxygen atoms in total. The number of benzene rings is 1. The van der Waals surface area contributed by atoms with Crippen molar-refractivity contribution in [1.29, 1.82) is 0 Å². The number of carbonyl (C=O) groups excluding carboxylic acids is 2. The highest BCUT2D eigenvalue weighted by Crippen LogP contribution is 2.23. The fraction of sp³-hybridized carbons (Fsp3) is 0.500. The number of esters is 1. The Morgan fingerprint density at radius 1 is 1.18 bits per heavy atom. The van der Waals surface area contributed by atoms with Crippen molar-refractivity contribution in [3.05, 3.63) is 33.8 Å². The summed E-state index contributed by atoms with van der Waals surface area (Å²) in [5.41, 5.74) is 0.233. The van der Waals surface area contributed by atoms with Gasteiger partial charge < -0.3 is 10.1 Å². The zero-order chi connectivity index (χ0) is 16.1. The van der Waals surface area contributed by atoms with Gasteiger partial charge in [-0.2, -0.15) is 0 Å². The van der Waals surface area contributed by atoms with Crippen LogP contribution in [0.2, 0.25) is 10.0 Å². The normalized spacial score (nSPS) is 21.2. The maximum Gasteiger partial charge on any atom is 0.338 e. The zero-order valence-electron chi connectivity index (χ0n) is 12.4. The summed E-state index contributed by atoms with van der Waals surface area (Å²) in [6.07, 6.45) is 4.42. The molecular weight excluding hydrogens is 325 g/mol. The molecule has 1 aliphatic carbocycles. The zero-order valence-corrected chi connectivity index (χ0v) is 13.9. The van der Waals surface area contributed by atoms with Gasteiger partial charge in [0.25, 0.3) is 5.91 Å². The maximum absolute atomic E-state index is 11.9. The van der Waals surface area contributed by atoms with Crippen molar-refractivity contribution in [2.45, 2.75) is 38.6 Å². The molecule has 2 atom stereocenters.